The van der Waals surface area contributed by atoms with Gasteiger partial charge in [-0.2, -0.15) is 0 Å². The van der Waals surface area contributed by atoms with E-state index in [1.165, 1.54) is 225 Å². The van der Waals surface area contributed by atoms with Crippen LogP contribution >= 0.6 is 0 Å². The van der Waals surface area contributed by atoms with Crippen LogP contribution in [-0.2, 0) is 19.1 Å². The van der Waals surface area contributed by atoms with Crippen LogP contribution in [0.25, 0.3) is 0 Å². The highest BCUT2D eigenvalue weighted by Gasteiger charge is 2.35. The Bertz CT molecular complexity index is 1080. The minimum atomic E-state index is -0.344. The summed E-state index contributed by atoms with van der Waals surface area (Å²) in [5, 5.41) is 0. The minimum absolute atomic E-state index is 0.0899. The van der Waals surface area contributed by atoms with Gasteiger partial charge < -0.3 is 14.0 Å². The van der Waals surface area contributed by atoms with E-state index in [0.29, 0.717) is 26.1 Å². The fourth-order valence-corrected chi connectivity index (χ4v) is 9.07. The molecule has 0 aromatic rings. The van der Waals surface area contributed by atoms with Crippen molar-refractivity contribution in [2.75, 3.05) is 40.9 Å². The maximum atomic E-state index is 13.2. The van der Waals surface area contributed by atoms with E-state index in [4.69, 9.17) is 9.47 Å². The van der Waals surface area contributed by atoms with Crippen LogP contribution in [0.4, 0.5) is 0 Å². The molecule has 0 aromatic carbocycles. The number of carbonyl (C=O) groups excluding carboxylic acids is 2. The van der Waals surface area contributed by atoms with Gasteiger partial charge in [0.05, 0.1) is 27.7 Å². The molecule has 0 aliphatic heterocycles. The third-order valence-corrected chi connectivity index (χ3v) is 13.9. The van der Waals surface area contributed by atoms with Gasteiger partial charge in [0.25, 0.3) is 0 Å². The number of rotatable bonds is 53. The zero-order valence-corrected chi connectivity index (χ0v) is 46.3. The Kier molecular flexibility index (Phi) is 49.1. The first-order valence-electron chi connectivity index (χ1n) is 29.7. The van der Waals surface area contributed by atoms with E-state index in [2.05, 4.69) is 78.4 Å². The van der Waals surface area contributed by atoms with Gasteiger partial charge in [0, 0.05) is 24.7 Å². The van der Waals surface area contributed by atoms with Crippen molar-refractivity contribution in [3.8, 4) is 0 Å². The molecule has 0 heterocycles. The van der Waals surface area contributed by atoms with Crippen LogP contribution < -0.4 is 0 Å². The summed E-state index contributed by atoms with van der Waals surface area (Å²) in [6.45, 7) is 8.49. The van der Waals surface area contributed by atoms with Gasteiger partial charge >= 0.3 is 11.9 Å². The van der Waals surface area contributed by atoms with E-state index in [1.807, 2.05) is 0 Å². The largest absolute Gasteiger partial charge is 0.465 e. The Hall–Kier alpha value is -1.88. The van der Waals surface area contributed by atoms with Crippen molar-refractivity contribution < 1.29 is 23.5 Å². The summed E-state index contributed by atoms with van der Waals surface area (Å²) >= 11 is 0. The Labute approximate surface area is 419 Å². The van der Waals surface area contributed by atoms with E-state index in [9.17, 15) is 9.59 Å². The molecule has 0 spiro atoms. The summed E-state index contributed by atoms with van der Waals surface area (Å²) in [5.74, 6) is -0.180. The SMILES string of the molecule is CCCCCCCCC=CCCCCCCCCC(CC[N+](C)(C)C)(COC(=O)CCCCCCC/C=C\CCCCCCCC)COC(=O)CCCCCCC/C=C\CCCCCCCC. The summed E-state index contributed by atoms with van der Waals surface area (Å²) in [4.78, 5) is 26.4. The van der Waals surface area contributed by atoms with Gasteiger partial charge in [-0.25, -0.2) is 0 Å². The number of quaternary nitrogens is 1. The van der Waals surface area contributed by atoms with Crippen molar-refractivity contribution in [2.45, 2.75) is 303 Å². The number of unbranched alkanes of at least 4 members (excludes halogenated alkanes) is 34. The first-order valence-corrected chi connectivity index (χ1v) is 29.7. The topological polar surface area (TPSA) is 52.6 Å². The van der Waals surface area contributed by atoms with Crippen LogP contribution in [-0.4, -0.2) is 57.3 Å². The van der Waals surface area contributed by atoms with Crippen molar-refractivity contribution in [3.05, 3.63) is 36.5 Å². The third kappa shape index (κ3) is 50.3. The van der Waals surface area contributed by atoms with Crippen LogP contribution in [0.15, 0.2) is 36.5 Å². The molecule has 5 heteroatoms. The van der Waals surface area contributed by atoms with E-state index in [0.717, 1.165) is 56.0 Å². The van der Waals surface area contributed by atoms with Gasteiger partial charge in [-0.3, -0.25) is 9.59 Å². The normalized spacial score (nSPS) is 12.4. The van der Waals surface area contributed by atoms with Crippen molar-refractivity contribution in [1.82, 2.24) is 0 Å². The molecule has 0 atom stereocenters. The van der Waals surface area contributed by atoms with Gasteiger partial charge in [0.1, 0.15) is 13.2 Å². The van der Waals surface area contributed by atoms with Crippen molar-refractivity contribution >= 4 is 11.9 Å². The number of carbonyl (C=O) groups is 2. The molecule has 0 amide bonds. The van der Waals surface area contributed by atoms with Crippen LogP contribution in [0.3, 0.4) is 0 Å². The van der Waals surface area contributed by atoms with Crippen LogP contribution in [0.2, 0.25) is 0 Å². The van der Waals surface area contributed by atoms with E-state index < -0.39 is 0 Å². The lowest BCUT2D eigenvalue weighted by atomic mass is 9.80. The molecule has 5 nitrogen and oxygen atoms in total. The number of nitrogens with zero attached hydrogens (tertiary/aromatic N) is 1. The number of hydrogen-bond donors (Lipinski definition) is 0. The zero-order valence-electron chi connectivity index (χ0n) is 46.3. The van der Waals surface area contributed by atoms with E-state index in [-0.39, 0.29) is 17.4 Å². The molecule has 0 radical (unpaired) electrons. The average molecular weight is 942 g/mol. The predicted molar refractivity (Wildman–Crippen MR) is 295 cm³/mol. The maximum Gasteiger partial charge on any atom is 0.305 e. The number of allylic oxidation sites excluding steroid dienone is 6. The number of esters is 2. The second-order valence-corrected chi connectivity index (χ2v) is 21.9. The van der Waals surface area contributed by atoms with Gasteiger partial charge in [-0.15, -0.1) is 0 Å². The molecular weight excluding hydrogens is 823 g/mol. The summed E-state index contributed by atoms with van der Waals surface area (Å²) in [5.41, 5.74) is -0.344. The Balaban J connectivity index is 4.92. The molecule has 0 aliphatic carbocycles. The fourth-order valence-electron chi connectivity index (χ4n) is 9.07. The molecule has 0 unspecified atom stereocenters. The zero-order chi connectivity index (χ0) is 49.0. The van der Waals surface area contributed by atoms with Crippen LogP contribution in [0.1, 0.15) is 303 Å². The Morgan fingerprint density at radius 1 is 0.343 bits per heavy atom. The highest BCUT2D eigenvalue weighted by Crippen LogP contribution is 2.33. The predicted octanol–water partition coefficient (Wildman–Crippen LogP) is 19.7. The molecule has 0 saturated heterocycles. The van der Waals surface area contributed by atoms with Crippen LogP contribution in [0, 0.1) is 5.41 Å². The molecule has 0 aliphatic rings. The molecule has 394 valence electrons. The lowest BCUT2D eigenvalue weighted by Crippen LogP contribution is -2.42. The summed E-state index contributed by atoms with van der Waals surface area (Å²) in [6.07, 6.45) is 67.4. The summed E-state index contributed by atoms with van der Waals surface area (Å²) < 4.78 is 13.1. The number of hydrogen-bond acceptors (Lipinski definition) is 4. The minimum Gasteiger partial charge on any atom is -0.465 e. The first kappa shape index (κ1) is 65.1. The Morgan fingerprint density at radius 2 is 0.597 bits per heavy atom. The monoisotopic (exact) mass is 941 g/mol. The van der Waals surface area contributed by atoms with Gasteiger partial charge in [-0.05, 0) is 96.3 Å². The highest BCUT2D eigenvalue weighted by molar-refractivity contribution is 5.69. The lowest BCUT2D eigenvalue weighted by Gasteiger charge is -2.36. The molecule has 0 saturated carbocycles. The fraction of sp³-hybridized carbons (Fsp3) is 0.871. The van der Waals surface area contributed by atoms with Gasteiger partial charge in [0.15, 0.2) is 0 Å². The molecule has 0 bridgehead atoms. The van der Waals surface area contributed by atoms with Crippen molar-refractivity contribution in [1.29, 1.82) is 0 Å². The maximum absolute atomic E-state index is 13.2. The quantitative estimate of drug-likeness (QED) is 0.0264. The van der Waals surface area contributed by atoms with Gasteiger partial charge in [-0.1, -0.05) is 224 Å². The molecule has 0 N–H and O–H groups in total. The standard InChI is InChI=1S/C62H118NO4/c1-7-10-13-16-19-22-25-28-31-34-37-40-43-46-49-52-55-62(56-57-63(4,5)6,58-66-60(64)53-50-47-44-41-38-35-32-29-26-23-20-17-14-11-8-2)59-67-61(65)54-51-48-45-42-39-36-33-30-27-24-21-18-15-12-9-3/h28-33H,7-27,34-59H2,1-6H3/q+1/b31-28?,32-29-,33-30-. The van der Waals surface area contributed by atoms with E-state index in [1.54, 1.807) is 0 Å². The molecular formula is C62H118NO4+. The molecule has 0 rings (SSSR count). The number of ether oxygens (including phenoxy) is 2. The summed E-state index contributed by atoms with van der Waals surface area (Å²) in [6, 6.07) is 0. The second-order valence-electron chi connectivity index (χ2n) is 21.9. The Morgan fingerprint density at radius 3 is 0.881 bits per heavy atom. The lowest BCUT2D eigenvalue weighted by molar-refractivity contribution is -0.871. The van der Waals surface area contributed by atoms with E-state index >= 15 is 0 Å². The first-order chi connectivity index (χ1) is 32.7. The summed E-state index contributed by atoms with van der Waals surface area (Å²) in [7, 11) is 6.68. The second kappa shape index (κ2) is 50.5. The smallest absolute Gasteiger partial charge is 0.305 e. The molecule has 0 fully saturated rings. The van der Waals surface area contributed by atoms with Gasteiger partial charge in [0.2, 0.25) is 0 Å². The average Bonchev–Trinajstić information content (AvgIpc) is 3.31. The van der Waals surface area contributed by atoms with Crippen molar-refractivity contribution in [3.63, 3.8) is 0 Å². The van der Waals surface area contributed by atoms with Crippen molar-refractivity contribution in [2.24, 2.45) is 5.41 Å². The van der Waals surface area contributed by atoms with Crippen LogP contribution in [0.5, 0.6) is 0 Å². The third-order valence-electron chi connectivity index (χ3n) is 13.9. The highest BCUT2D eigenvalue weighted by atomic mass is 16.5. The molecule has 67 heavy (non-hydrogen) atoms. The molecule has 0 aromatic heterocycles.